The molecule has 2 heterocycles. The lowest BCUT2D eigenvalue weighted by molar-refractivity contribution is -0.133. The Bertz CT molecular complexity index is 1220. The second kappa shape index (κ2) is 11.0. The van der Waals surface area contributed by atoms with Crippen LogP contribution in [0.3, 0.4) is 0 Å². The molecule has 0 atom stereocenters. The van der Waals surface area contributed by atoms with Crippen LogP contribution < -0.4 is 4.74 Å². The Morgan fingerprint density at radius 3 is 2.44 bits per heavy atom. The van der Waals surface area contributed by atoms with Crippen molar-refractivity contribution < 1.29 is 18.3 Å². The van der Waals surface area contributed by atoms with Gasteiger partial charge in [0, 0.05) is 23.4 Å². The van der Waals surface area contributed by atoms with E-state index in [1.165, 1.54) is 11.8 Å². The van der Waals surface area contributed by atoms with Gasteiger partial charge in [-0.3, -0.25) is 0 Å². The number of benzene rings is 1. The van der Waals surface area contributed by atoms with E-state index in [2.05, 4.69) is 27.1 Å². The third-order valence-corrected chi connectivity index (χ3v) is 6.11. The summed E-state index contributed by atoms with van der Waals surface area (Å²) in [7, 11) is 0. The fourth-order valence-electron chi connectivity index (χ4n) is 3.41. The highest BCUT2D eigenvalue weighted by molar-refractivity contribution is 7.98. The van der Waals surface area contributed by atoms with E-state index in [1.54, 1.807) is 36.5 Å². The average molecular weight is 480 g/mol. The van der Waals surface area contributed by atoms with Crippen molar-refractivity contribution in [3.8, 4) is 29.0 Å². The molecule has 0 N–H and O–H groups in total. The van der Waals surface area contributed by atoms with Crippen molar-refractivity contribution in [2.24, 2.45) is 0 Å². The van der Waals surface area contributed by atoms with Gasteiger partial charge in [-0.05, 0) is 42.7 Å². The highest BCUT2D eigenvalue weighted by Gasteiger charge is 2.32. The lowest BCUT2D eigenvalue weighted by Crippen LogP contribution is -2.09. The molecule has 10 heteroatoms. The second-order valence-corrected chi connectivity index (χ2v) is 8.40. The van der Waals surface area contributed by atoms with E-state index in [1.807, 2.05) is 6.07 Å². The predicted octanol–water partition coefficient (Wildman–Crippen LogP) is 5.07. The first-order valence-corrected chi connectivity index (χ1v) is 11.5. The van der Waals surface area contributed by atoms with Crippen molar-refractivity contribution in [3.63, 3.8) is 0 Å². The fourth-order valence-corrected chi connectivity index (χ4v) is 4.30. The van der Waals surface area contributed by atoms with Crippen molar-refractivity contribution >= 4 is 11.8 Å². The third kappa shape index (κ3) is 5.66. The maximum absolute atomic E-state index is 12.1. The molecule has 1 saturated carbocycles. The van der Waals surface area contributed by atoms with Crippen LogP contribution >= 0.6 is 11.8 Å². The number of hydrogen-bond acceptors (Lipinski definition) is 8. The SMILES string of the molecule is N#Cc1c(SCc2cccnn2)nc(C2CC2)c(C#N)c1-c1ccc(OCCOC(F)F)cc1. The summed E-state index contributed by atoms with van der Waals surface area (Å²) in [6, 6.07) is 15.0. The fraction of sp³-hybridized carbons (Fsp3) is 0.292. The van der Waals surface area contributed by atoms with Crippen molar-refractivity contribution in [2.75, 3.05) is 13.2 Å². The number of nitrogens with zero attached hydrogens (tertiary/aromatic N) is 5. The Labute approximate surface area is 199 Å². The lowest BCUT2D eigenvalue weighted by atomic mass is 9.94. The van der Waals surface area contributed by atoms with Crippen LogP contribution in [-0.2, 0) is 10.5 Å². The van der Waals surface area contributed by atoms with Crippen molar-refractivity contribution in [2.45, 2.75) is 36.1 Å². The van der Waals surface area contributed by atoms with Crippen LogP contribution in [0.2, 0.25) is 0 Å². The summed E-state index contributed by atoms with van der Waals surface area (Å²) in [6.07, 6.45) is 3.50. The molecule has 1 aliphatic carbocycles. The van der Waals surface area contributed by atoms with Gasteiger partial charge in [-0.2, -0.15) is 29.5 Å². The van der Waals surface area contributed by atoms with Gasteiger partial charge in [0.1, 0.15) is 29.5 Å². The molecule has 0 amide bonds. The van der Waals surface area contributed by atoms with Crippen molar-refractivity contribution in [1.29, 1.82) is 10.5 Å². The molecule has 34 heavy (non-hydrogen) atoms. The Kier molecular flexibility index (Phi) is 7.63. The number of alkyl halides is 2. The van der Waals surface area contributed by atoms with Gasteiger partial charge in [-0.1, -0.05) is 23.9 Å². The number of rotatable bonds is 10. The zero-order valence-electron chi connectivity index (χ0n) is 17.9. The van der Waals surface area contributed by atoms with E-state index >= 15 is 0 Å². The van der Waals surface area contributed by atoms with Crippen LogP contribution in [0.1, 0.15) is 41.3 Å². The van der Waals surface area contributed by atoms with E-state index in [0.717, 1.165) is 18.5 Å². The van der Waals surface area contributed by atoms with Gasteiger partial charge >= 0.3 is 6.61 Å². The minimum atomic E-state index is -2.84. The Morgan fingerprint density at radius 2 is 1.82 bits per heavy atom. The molecule has 0 unspecified atom stereocenters. The highest BCUT2D eigenvalue weighted by Crippen LogP contribution is 2.45. The van der Waals surface area contributed by atoms with Gasteiger partial charge < -0.3 is 9.47 Å². The molecule has 0 saturated heterocycles. The largest absolute Gasteiger partial charge is 0.491 e. The topological polar surface area (TPSA) is 105 Å². The van der Waals surface area contributed by atoms with Crippen LogP contribution in [0.25, 0.3) is 11.1 Å². The minimum Gasteiger partial charge on any atom is -0.491 e. The summed E-state index contributed by atoms with van der Waals surface area (Å²) in [5.41, 5.74) is 3.42. The number of halogens is 2. The van der Waals surface area contributed by atoms with E-state index < -0.39 is 6.61 Å². The summed E-state index contributed by atoms with van der Waals surface area (Å²) < 4.78 is 33.8. The lowest BCUT2D eigenvalue weighted by Gasteiger charge is -2.15. The van der Waals surface area contributed by atoms with Crippen molar-refractivity contribution in [1.82, 2.24) is 15.2 Å². The molecule has 7 nitrogen and oxygen atoms in total. The Morgan fingerprint density at radius 1 is 1.06 bits per heavy atom. The predicted molar refractivity (Wildman–Crippen MR) is 120 cm³/mol. The van der Waals surface area contributed by atoms with Crippen LogP contribution in [0.4, 0.5) is 8.78 Å². The van der Waals surface area contributed by atoms with Gasteiger partial charge in [0.15, 0.2) is 0 Å². The molecular formula is C24H19F2N5O2S. The van der Waals surface area contributed by atoms with E-state index in [0.29, 0.717) is 44.5 Å². The summed E-state index contributed by atoms with van der Waals surface area (Å²) in [4.78, 5) is 4.73. The molecule has 1 aromatic carbocycles. The summed E-state index contributed by atoms with van der Waals surface area (Å²) in [5.74, 6) is 1.15. The molecular weight excluding hydrogens is 460 g/mol. The standard InChI is InChI=1S/C24H19F2N5O2S/c25-24(26)33-11-10-32-18-7-5-15(6-8-18)21-19(12-27)22(16-3-4-16)30-23(20(21)13-28)34-14-17-2-1-9-29-31-17/h1-2,5-9,16,24H,3-4,10-11,14H2. The molecule has 2 aromatic heterocycles. The highest BCUT2D eigenvalue weighted by atomic mass is 32.2. The van der Waals surface area contributed by atoms with Crippen molar-refractivity contribution in [3.05, 3.63) is 65.1 Å². The molecule has 4 rings (SSSR count). The van der Waals surface area contributed by atoms with Crippen LogP contribution in [0, 0.1) is 22.7 Å². The maximum Gasteiger partial charge on any atom is 0.345 e. The molecule has 172 valence electrons. The van der Waals surface area contributed by atoms with Gasteiger partial charge in [0.2, 0.25) is 0 Å². The number of ether oxygens (including phenoxy) is 2. The summed E-state index contributed by atoms with van der Waals surface area (Å²) >= 11 is 1.39. The smallest absolute Gasteiger partial charge is 0.345 e. The molecule has 0 radical (unpaired) electrons. The first kappa shape index (κ1) is 23.6. The first-order valence-electron chi connectivity index (χ1n) is 10.5. The number of pyridine rings is 1. The van der Waals surface area contributed by atoms with E-state index in [4.69, 9.17) is 9.72 Å². The van der Waals surface area contributed by atoms with Gasteiger partial charge in [-0.25, -0.2) is 4.98 Å². The van der Waals surface area contributed by atoms with Crippen LogP contribution in [0.5, 0.6) is 5.75 Å². The zero-order chi connectivity index (χ0) is 23.9. The summed E-state index contributed by atoms with van der Waals surface area (Å²) in [6.45, 7) is -3.10. The number of nitriles is 2. The maximum atomic E-state index is 12.1. The van der Waals surface area contributed by atoms with Crippen LogP contribution in [-0.4, -0.2) is 35.0 Å². The van der Waals surface area contributed by atoms with Gasteiger partial charge in [0.05, 0.1) is 29.1 Å². The third-order valence-electron chi connectivity index (χ3n) is 5.10. The minimum absolute atomic E-state index is 0.0270. The molecule has 1 aliphatic rings. The average Bonchev–Trinajstić information content (AvgIpc) is 3.71. The molecule has 1 fully saturated rings. The molecule has 0 bridgehead atoms. The summed E-state index contributed by atoms with van der Waals surface area (Å²) in [5, 5.41) is 28.5. The Balaban J connectivity index is 1.66. The molecule has 0 aliphatic heterocycles. The van der Waals surface area contributed by atoms with Gasteiger partial charge in [-0.15, -0.1) is 0 Å². The number of thioether (sulfide) groups is 1. The number of hydrogen-bond donors (Lipinski definition) is 0. The number of aromatic nitrogens is 3. The normalized spacial score (nSPS) is 12.9. The van der Waals surface area contributed by atoms with E-state index in [-0.39, 0.29) is 19.1 Å². The Hall–Kier alpha value is -3.60. The van der Waals surface area contributed by atoms with Gasteiger partial charge in [0.25, 0.3) is 0 Å². The van der Waals surface area contributed by atoms with E-state index in [9.17, 15) is 19.3 Å². The molecule has 3 aromatic rings. The van der Waals surface area contributed by atoms with Crippen LogP contribution in [0.15, 0.2) is 47.6 Å². The molecule has 0 spiro atoms. The quantitative estimate of drug-likeness (QED) is 0.293. The second-order valence-electron chi connectivity index (χ2n) is 7.43. The zero-order valence-corrected chi connectivity index (χ0v) is 18.8. The monoisotopic (exact) mass is 479 g/mol. The first-order chi connectivity index (χ1) is 16.6.